The maximum atomic E-state index is 12.2. The topological polar surface area (TPSA) is 75.9 Å². The number of sulfonamides is 1. The predicted octanol–water partition coefficient (Wildman–Crippen LogP) is -0.930. The van der Waals surface area contributed by atoms with Crippen molar-refractivity contribution in [2.45, 2.75) is 24.6 Å². The molecule has 2 aliphatic heterocycles. The second kappa shape index (κ2) is 5.83. The molecular formula is C11H23N3O3S. The lowest BCUT2D eigenvalue weighted by Crippen LogP contribution is -2.46. The molecule has 0 aromatic heterocycles. The van der Waals surface area contributed by atoms with E-state index in [0.29, 0.717) is 19.1 Å². The molecule has 2 unspecified atom stereocenters. The third kappa shape index (κ3) is 2.85. The number of rotatable bonds is 4. The third-order valence-corrected chi connectivity index (χ3v) is 6.15. The van der Waals surface area contributed by atoms with E-state index >= 15 is 0 Å². The third-order valence-electron chi connectivity index (χ3n) is 3.89. The van der Waals surface area contributed by atoms with Crippen molar-refractivity contribution in [3.8, 4) is 0 Å². The lowest BCUT2D eigenvalue weighted by atomic mass is 10.2. The van der Waals surface area contributed by atoms with Gasteiger partial charge in [-0.3, -0.25) is 4.90 Å². The van der Waals surface area contributed by atoms with Gasteiger partial charge in [0.1, 0.15) is 0 Å². The van der Waals surface area contributed by atoms with Crippen molar-refractivity contribution in [1.29, 1.82) is 0 Å². The van der Waals surface area contributed by atoms with Gasteiger partial charge in [0.25, 0.3) is 0 Å². The SMILES string of the molecule is CC(CN)S(=O)(=O)N1CCC(N2CCOCC2)C1. The van der Waals surface area contributed by atoms with E-state index in [1.54, 1.807) is 11.2 Å². The Kier molecular flexibility index (Phi) is 4.60. The summed E-state index contributed by atoms with van der Waals surface area (Å²) in [5.74, 6) is 0. The Balaban J connectivity index is 1.95. The highest BCUT2D eigenvalue weighted by molar-refractivity contribution is 7.89. The van der Waals surface area contributed by atoms with Crippen molar-refractivity contribution < 1.29 is 13.2 Å². The van der Waals surface area contributed by atoms with Crippen molar-refractivity contribution in [1.82, 2.24) is 9.21 Å². The summed E-state index contributed by atoms with van der Waals surface area (Å²) in [6.45, 7) is 6.40. The normalized spacial score (nSPS) is 29.6. The van der Waals surface area contributed by atoms with Crippen LogP contribution >= 0.6 is 0 Å². The molecule has 0 spiro atoms. The molecule has 2 saturated heterocycles. The van der Waals surface area contributed by atoms with Crippen LogP contribution in [-0.4, -0.2) is 74.9 Å². The van der Waals surface area contributed by atoms with Crippen LogP contribution in [0.2, 0.25) is 0 Å². The number of morpholine rings is 1. The Morgan fingerprint density at radius 1 is 1.33 bits per heavy atom. The van der Waals surface area contributed by atoms with Crippen LogP contribution in [0.3, 0.4) is 0 Å². The number of nitrogens with two attached hydrogens (primary N) is 1. The molecule has 2 rings (SSSR count). The smallest absolute Gasteiger partial charge is 0.218 e. The molecule has 0 amide bonds. The average molecular weight is 277 g/mol. The summed E-state index contributed by atoms with van der Waals surface area (Å²) in [6, 6.07) is 0.341. The standard InChI is InChI=1S/C11H23N3O3S/c1-10(8-12)18(15,16)14-3-2-11(9-14)13-4-6-17-7-5-13/h10-11H,2-9,12H2,1H3. The molecule has 0 bridgehead atoms. The lowest BCUT2D eigenvalue weighted by molar-refractivity contribution is 0.0196. The molecule has 0 saturated carbocycles. The maximum absolute atomic E-state index is 12.2. The van der Waals surface area contributed by atoms with Crippen molar-refractivity contribution in [3.05, 3.63) is 0 Å². The molecule has 2 fully saturated rings. The molecule has 0 radical (unpaired) electrons. The zero-order valence-electron chi connectivity index (χ0n) is 10.9. The highest BCUT2D eigenvalue weighted by Gasteiger charge is 2.36. The zero-order chi connectivity index (χ0) is 13.2. The van der Waals surface area contributed by atoms with Crippen LogP contribution in [0, 0.1) is 0 Å². The Morgan fingerprint density at radius 3 is 2.61 bits per heavy atom. The molecule has 2 atom stereocenters. The summed E-state index contributed by atoms with van der Waals surface area (Å²) < 4.78 is 31.3. The molecule has 0 aromatic rings. The van der Waals surface area contributed by atoms with Crippen LogP contribution in [0.25, 0.3) is 0 Å². The summed E-state index contributed by atoms with van der Waals surface area (Å²) >= 11 is 0. The van der Waals surface area contributed by atoms with E-state index in [2.05, 4.69) is 4.90 Å². The quantitative estimate of drug-likeness (QED) is 0.718. The predicted molar refractivity (Wildman–Crippen MR) is 69.8 cm³/mol. The molecule has 6 nitrogen and oxygen atoms in total. The molecule has 0 aliphatic carbocycles. The van der Waals surface area contributed by atoms with Crippen molar-refractivity contribution in [3.63, 3.8) is 0 Å². The molecule has 7 heteroatoms. The molecule has 2 heterocycles. The number of ether oxygens (including phenoxy) is 1. The minimum absolute atomic E-state index is 0.182. The summed E-state index contributed by atoms with van der Waals surface area (Å²) in [7, 11) is -3.21. The first kappa shape index (κ1) is 14.2. The van der Waals surface area contributed by atoms with Crippen LogP contribution in [0.1, 0.15) is 13.3 Å². The highest BCUT2D eigenvalue weighted by Crippen LogP contribution is 2.21. The summed E-state index contributed by atoms with van der Waals surface area (Å²) in [4.78, 5) is 2.34. The molecular weight excluding hydrogens is 254 g/mol. The summed E-state index contributed by atoms with van der Waals surface area (Å²) in [5, 5.41) is -0.485. The van der Waals surface area contributed by atoms with E-state index < -0.39 is 15.3 Å². The van der Waals surface area contributed by atoms with Gasteiger partial charge in [0.15, 0.2) is 0 Å². The van der Waals surface area contributed by atoms with Gasteiger partial charge in [-0.15, -0.1) is 0 Å². The molecule has 106 valence electrons. The number of hydrogen-bond donors (Lipinski definition) is 1. The van der Waals surface area contributed by atoms with Crippen molar-refractivity contribution in [2.24, 2.45) is 5.73 Å². The van der Waals surface area contributed by atoms with E-state index in [0.717, 1.165) is 32.7 Å². The summed E-state index contributed by atoms with van der Waals surface area (Å²) in [5.41, 5.74) is 5.47. The summed E-state index contributed by atoms with van der Waals surface area (Å²) in [6.07, 6.45) is 0.913. The second-order valence-corrected chi connectivity index (χ2v) is 7.39. The Morgan fingerprint density at radius 2 is 2.00 bits per heavy atom. The first-order valence-electron chi connectivity index (χ1n) is 6.56. The van der Waals surface area contributed by atoms with E-state index in [9.17, 15) is 8.42 Å². The van der Waals surface area contributed by atoms with E-state index in [-0.39, 0.29) is 6.54 Å². The molecule has 2 N–H and O–H groups in total. The Labute approximate surface area is 109 Å². The zero-order valence-corrected chi connectivity index (χ0v) is 11.7. The average Bonchev–Trinajstić information content (AvgIpc) is 2.89. The van der Waals surface area contributed by atoms with E-state index in [1.165, 1.54) is 0 Å². The van der Waals surface area contributed by atoms with E-state index in [1.807, 2.05) is 0 Å². The van der Waals surface area contributed by atoms with Gasteiger partial charge in [-0.2, -0.15) is 0 Å². The fourth-order valence-corrected chi connectivity index (χ4v) is 4.05. The van der Waals surface area contributed by atoms with Crippen molar-refractivity contribution in [2.75, 3.05) is 45.9 Å². The van der Waals surface area contributed by atoms with Gasteiger partial charge in [-0.25, -0.2) is 12.7 Å². The monoisotopic (exact) mass is 277 g/mol. The van der Waals surface area contributed by atoms with Crippen LogP contribution in [0.15, 0.2) is 0 Å². The van der Waals surface area contributed by atoms with Gasteiger partial charge in [-0.1, -0.05) is 0 Å². The first-order chi connectivity index (χ1) is 8.55. The number of hydrogen-bond acceptors (Lipinski definition) is 5. The van der Waals surface area contributed by atoms with Gasteiger partial charge in [0.05, 0.1) is 18.5 Å². The Hall–Kier alpha value is -0.210. The van der Waals surface area contributed by atoms with Crippen molar-refractivity contribution >= 4 is 10.0 Å². The van der Waals surface area contributed by atoms with Gasteiger partial charge in [-0.05, 0) is 13.3 Å². The van der Waals surface area contributed by atoms with Gasteiger partial charge in [0, 0.05) is 38.8 Å². The van der Waals surface area contributed by atoms with Crippen LogP contribution < -0.4 is 5.73 Å². The van der Waals surface area contributed by atoms with Crippen LogP contribution in [-0.2, 0) is 14.8 Å². The minimum Gasteiger partial charge on any atom is -0.379 e. The fourth-order valence-electron chi connectivity index (χ4n) is 2.56. The molecule has 0 aromatic carbocycles. The van der Waals surface area contributed by atoms with Gasteiger partial charge >= 0.3 is 0 Å². The second-order valence-electron chi connectivity index (χ2n) is 5.04. The minimum atomic E-state index is -3.21. The highest BCUT2D eigenvalue weighted by atomic mass is 32.2. The van der Waals surface area contributed by atoms with E-state index in [4.69, 9.17) is 10.5 Å². The Bertz CT molecular complexity index is 368. The molecule has 2 aliphatic rings. The van der Waals surface area contributed by atoms with Crippen LogP contribution in [0.4, 0.5) is 0 Å². The lowest BCUT2D eigenvalue weighted by Gasteiger charge is -2.32. The molecule has 18 heavy (non-hydrogen) atoms. The van der Waals surface area contributed by atoms with Gasteiger partial charge < -0.3 is 10.5 Å². The number of nitrogens with zero attached hydrogens (tertiary/aromatic N) is 2. The maximum Gasteiger partial charge on any atom is 0.218 e. The van der Waals surface area contributed by atoms with Gasteiger partial charge in [0.2, 0.25) is 10.0 Å². The van der Waals surface area contributed by atoms with Crippen LogP contribution in [0.5, 0.6) is 0 Å². The largest absolute Gasteiger partial charge is 0.379 e. The fraction of sp³-hybridized carbons (Fsp3) is 1.00. The first-order valence-corrected chi connectivity index (χ1v) is 8.07.